The van der Waals surface area contributed by atoms with Gasteiger partial charge in [-0.3, -0.25) is 0 Å². The van der Waals surface area contributed by atoms with Crippen molar-refractivity contribution in [2.45, 2.75) is 33.4 Å². The first-order valence-corrected chi connectivity index (χ1v) is 7.76. The first-order chi connectivity index (χ1) is 9.11. The zero-order valence-corrected chi connectivity index (χ0v) is 14.3. The summed E-state index contributed by atoms with van der Waals surface area (Å²) >= 11 is 4.91. The molecule has 1 atom stereocenters. The van der Waals surface area contributed by atoms with Crippen LogP contribution in [0.15, 0.2) is 15.2 Å². The topological polar surface area (TPSA) is 69.6 Å². The van der Waals surface area contributed by atoms with Gasteiger partial charge in [0, 0.05) is 13.6 Å². The molecule has 0 aromatic carbocycles. The number of urea groups is 1. The van der Waals surface area contributed by atoms with Crippen LogP contribution >= 0.6 is 27.3 Å². The molecular formula is C13H19BrN2O3S. The van der Waals surface area contributed by atoms with Gasteiger partial charge in [-0.15, -0.1) is 11.3 Å². The lowest BCUT2D eigenvalue weighted by Crippen LogP contribution is -2.52. The van der Waals surface area contributed by atoms with Crippen molar-refractivity contribution < 1.29 is 14.7 Å². The summed E-state index contributed by atoms with van der Waals surface area (Å²) in [6.07, 6.45) is 0. The molecule has 1 aromatic heterocycles. The van der Waals surface area contributed by atoms with Gasteiger partial charge >= 0.3 is 12.0 Å². The Labute approximate surface area is 131 Å². The molecule has 1 unspecified atom stereocenters. The van der Waals surface area contributed by atoms with Crippen LogP contribution in [0.25, 0.3) is 0 Å². The number of amides is 2. The molecule has 0 saturated carbocycles. The molecule has 0 aliphatic heterocycles. The molecule has 0 aliphatic carbocycles. The standard InChI is InChI=1S/C13H19BrN2O3S/c1-13(2,3)10(11(17)18)15-12(19)16(4)6-8-5-9(14)20-7-8/h5,7,10H,6H2,1-4H3,(H,15,19)(H,17,18). The highest BCUT2D eigenvalue weighted by molar-refractivity contribution is 9.11. The molecule has 1 aromatic rings. The third-order valence-corrected chi connectivity index (χ3v) is 4.32. The van der Waals surface area contributed by atoms with Gasteiger partial charge in [0.2, 0.25) is 0 Å². The zero-order chi connectivity index (χ0) is 15.5. The normalized spacial score (nSPS) is 12.8. The number of halogens is 1. The predicted octanol–water partition coefficient (Wildman–Crippen LogP) is 3.15. The second kappa shape index (κ2) is 6.58. The van der Waals surface area contributed by atoms with E-state index in [1.165, 1.54) is 4.90 Å². The maximum absolute atomic E-state index is 12.1. The molecule has 2 N–H and O–H groups in total. The SMILES string of the molecule is CN(Cc1csc(Br)c1)C(=O)NC(C(=O)O)C(C)(C)C. The number of nitrogens with one attached hydrogen (secondary N) is 1. The molecule has 0 aliphatic rings. The Morgan fingerprint density at radius 1 is 1.50 bits per heavy atom. The Hall–Kier alpha value is -1.08. The van der Waals surface area contributed by atoms with Crippen molar-refractivity contribution in [3.05, 3.63) is 20.8 Å². The van der Waals surface area contributed by atoms with E-state index >= 15 is 0 Å². The summed E-state index contributed by atoms with van der Waals surface area (Å²) in [6, 6.07) is 0.619. The van der Waals surface area contributed by atoms with Crippen LogP contribution in [0.1, 0.15) is 26.3 Å². The molecule has 0 saturated heterocycles. The van der Waals surface area contributed by atoms with E-state index in [1.807, 2.05) is 11.4 Å². The van der Waals surface area contributed by atoms with E-state index in [2.05, 4.69) is 21.2 Å². The summed E-state index contributed by atoms with van der Waals surface area (Å²) in [5.74, 6) is -1.03. The van der Waals surface area contributed by atoms with Gasteiger partial charge in [0.05, 0.1) is 3.79 Å². The smallest absolute Gasteiger partial charge is 0.326 e. The number of hydrogen-bond acceptors (Lipinski definition) is 3. The van der Waals surface area contributed by atoms with Gasteiger partial charge < -0.3 is 15.3 Å². The zero-order valence-electron chi connectivity index (χ0n) is 11.9. The Morgan fingerprint density at radius 2 is 2.10 bits per heavy atom. The highest BCUT2D eigenvalue weighted by Crippen LogP contribution is 2.22. The highest BCUT2D eigenvalue weighted by atomic mass is 79.9. The monoisotopic (exact) mass is 362 g/mol. The quantitative estimate of drug-likeness (QED) is 0.864. The summed E-state index contributed by atoms with van der Waals surface area (Å²) in [5, 5.41) is 13.7. The van der Waals surface area contributed by atoms with Crippen LogP contribution in [0.5, 0.6) is 0 Å². The fourth-order valence-corrected chi connectivity index (χ4v) is 2.86. The lowest BCUT2D eigenvalue weighted by molar-refractivity contribution is -0.142. The van der Waals surface area contributed by atoms with Gasteiger partial charge in [0.15, 0.2) is 0 Å². The number of nitrogens with zero attached hydrogens (tertiary/aromatic N) is 1. The number of carboxylic acid groups (broad SMARTS) is 1. The summed E-state index contributed by atoms with van der Waals surface area (Å²) in [5.41, 5.74) is 0.454. The molecule has 1 rings (SSSR count). The summed E-state index contributed by atoms with van der Waals surface area (Å²) in [7, 11) is 1.64. The van der Waals surface area contributed by atoms with Crippen molar-refractivity contribution in [2.24, 2.45) is 5.41 Å². The molecule has 2 amide bonds. The third-order valence-electron chi connectivity index (χ3n) is 2.77. The van der Waals surface area contributed by atoms with Crippen molar-refractivity contribution in [3.8, 4) is 0 Å². The molecule has 7 heteroatoms. The minimum atomic E-state index is -1.03. The third kappa shape index (κ3) is 4.79. The second-order valence-corrected chi connectivity index (χ2v) is 7.99. The minimum Gasteiger partial charge on any atom is -0.480 e. The number of hydrogen-bond donors (Lipinski definition) is 2. The molecule has 0 radical (unpaired) electrons. The van der Waals surface area contributed by atoms with E-state index in [-0.39, 0.29) is 0 Å². The Balaban J connectivity index is 2.67. The Morgan fingerprint density at radius 3 is 2.50 bits per heavy atom. The molecule has 1 heterocycles. The lowest BCUT2D eigenvalue weighted by atomic mass is 9.87. The first-order valence-electron chi connectivity index (χ1n) is 6.08. The van der Waals surface area contributed by atoms with Crippen LogP contribution in [-0.4, -0.2) is 35.1 Å². The summed E-state index contributed by atoms with van der Waals surface area (Å²) in [4.78, 5) is 24.8. The van der Waals surface area contributed by atoms with E-state index in [1.54, 1.807) is 39.2 Å². The van der Waals surface area contributed by atoms with E-state index in [0.29, 0.717) is 6.54 Å². The van der Waals surface area contributed by atoms with Gasteiger partial charge in [-0.2, -0.15) is 0 Å². The van der Waals surface area contributed by atoms with Gasteiger partial charge in [-0.05, 0) is 38.4 Å². The highest BCUT2D eigenvalue weighted by Gasteiger charge is 2.33. The van der Waals surface area contributed by atoms with Crippen molar-refractivity contribution in [3.63, 3.8) is 0 Å². The lowest BCUT2D eigenvalue weighted by Gasteiger charge is -2.29. The Bertz CT molecular complexity index is 496. The predicted molar refractivity (Wildman–Crippen MR) is 82.9 cm³/mol. The maximum atomic E-state index is 12.1. The number of carbonyl (C=O) groups excluding carboxylic acids is 1. The van der Waals surface area contributed by atoms with Crippen LogP contribution in [0.3, 0.4) is 0 Å². The van der Waals surface area contributed by atoms with E-state index in [0.717, 1.165) is 9.35 Å². The van der Waals surface area contributed by atoms with Crippen LogP contribution in [-0.2, 0) is 11.3 Å². The molecule has 112 valence electrons. The van der Waals surface area contributed by atoms with Crippen molar-refractivity contribution in [2.75, 3.05) is 7.05 Å². The number of aliphatic carboxylic acids is 1. The average Bonchev–Trinajstić information content (AvgIpc) is 2.69. The van der Waals surface area contributed by atoms with E-state index < -0.39 is 23.5 Å². The van der Waals surface area contributed by atoms with Crippen molar-refractivity contribution >= 4 is 39.3 Å². The number of rotatable bonds is 4. The molecular weight excluding hydrogens is 344 g/mol. The molecule has 0 bridgehead atoms. The fourth-order valence-electron chi connectivity index (χ4n) is 1.66. The van der Waals surface area contributed by atoms with E-state index in [9.17, 15) is 14.7 Å². The van der Waals surface area contributed by atoms with Crippen molar-refractivity contribution in [1.82, 2.24) is 10.2 Å². The van der Waals surface area contributed by atoms with E-state index in [4.69, 9.17) is 0 Å². The Kier molecular flexibility index (Phi) is 5.59. The largest absolute Gasteiger partial charge is 0.480 e. The fraction of sp³-hybridized carbons (Fsp3) is 0.538. The molecule has 5 nitrogen and oxygen atoms in total. The number of carbonyl (C=O) groups is 2. The maximum Gasteiger partial charge on any atom is 0.326 e. The number of carboxylic acids is 1. The molecule has 0 spiro atoms. The van der Waals surface area contributed by atoms with Crippen molar-refractivity contribution in [1.29, 1.82) is 0 Å². The van der Waals surface area contributed by atoms with Gasteiger partial charge in [0.25, 0.3) is 0 Å². The van der Waals surface area contributed by atoms with Crippen LogP contribution < -0.4 is 5.32 Å². The summed E-state index contributed by atoms with van der Waals surface area (Å²) in [6.45, 7) is 5.77. The van der Waals surface area contributed by atoms with Gasteiger partial charge in [-0.25, -0.2) is 9.59 Å². The summed E-state index contributed by atoms with van der Waals surface area (Å²) < 4.78 is 0.999. The van der Waals surface area contributed by atoms with Gasteiger partial charge in [0.1, 0.15) is 6.04 Å². The van der Waals surface area contributed by atoms with Crippen LogP contribution in [0.2, 0.25) is 0 Å². The van der Waals surface area contributed by atoms with Gasteiger partial charge in [-0.1, -0.05) is 20.8 Å². The second-order valence-electron chi connectivity index (χ2n) is 5.70. The first kappa shape index (κ1) is 17.0. The minimum absolute atomic E-state index is 0.394. The molecule has 20 heavy (non-hydrogen) atoms. The van der Waals surface area contributed by atoms with Crippen LogP contribution in [0.4, 0.5) is 4.79 Å². The van der Waals surface area contributed by atoms with Crippen LogP contribution in [0, 0.1) is 5.41 Å². The number of thiophene rings is 1. The molecule has 0 fully saturated rings. The average molecular weight is 363 g/mol.